The van der Waals surface area contributed by atoms with Crippen molar-refractivity contribution in [1.29, 1.82) is 0 Å². The fourth-order valence-corrected chi connectivity index (χ4v) is 6.59. The zero-order valence-corrected chi connectivity index (χ0v) is 27.7. The van der Waals surface area contributed by atoms with E-state index in [1.54, 1.807) is 30.8 Å². The van der Waals surface area contributed by atoms with Crippen LogP contribution in [0.3, 0.4) is 0 Å². The van der Waals surface area contributed by atoms with Crippen molar-refractivity contribution in [1.82, 2.24) is 34.4 Å². The Morgan fingerprint density at radius 1 is 1.02 bits per heavy atom. The molecule has 0 saturated carbocycles. The Bertz CT molecular complexity index is 2090. The third-order valence-corrected chi connectivity index (χ3v) is 9.19. The maximum Gasteiger partial charge on any atom is 0.329 e. The van der Waals surface area contributed by atoms with E-state index < -0.39 is 11.9 Å². The molecular formula is C36H40N8O5. The van der Waals surface area contributed by atoms with E-state index in [1.165, 1.54) is 15.3 Å². The third-order valence-electron chi connectivity index (χ3n) is 9.19. The van der Waals surface area contributed by atoms with Crippen LogP contribution in [0.25, 0.3) is 27.9 Å². The average molecular weight is 665 g/mol. The van der Waals surface area contributed by atoms with Gasteiger partial charge in [0.2, 0.25) is 11.8 Å². The van der Waals surface area contributed by atoms with Crippen LogP contribution in [-0.4, -0.2) is 61.3 Å². The van der Waals surface area contributed by atoms with Crippen LogP contribution in [0.15, 0.2) is 59.5 Å². The van der Waals surface area contributed by atoms with Gasteiger partial charge in [0.05, 0.1) is 28.6 Å². The first-order valence-corrected chi connectivity index (χ1v) is 16.7. The molecule has 0 aliphatic carbocycles. The number of carbonyl (C=O) groups excluding carboxylic acids is 4. The number of unbranched alkanes of at least 4 members (excludes halogenated alkanes) is 5. The standard InChI is InChI=1S/C36H40N8O5/c1-37-28-20-27(41-44-26(22-45)21-39-33(28)44)23-13-15-25(16-14-23)34(47)38-19-8-6-4-3-5-7-10-24-11-9-12-29-32(24)42(2)36(49)43(29)30-17-18-31(46)40-35(30)48/h9,11-16,20-22,30,37H,3-8,10,17-19H2,1-2H3,(H,38,47)(H,40,46,48). The number of aryl methyl sites for hydroxylation is 2. The summed E-state index contributed by atoms with van der Waals surface area (Å²) in [6, 6.07) is 14.2. The third kappa shape index (κ3) is 6.87. The number of hydrogen-bond acceptors (Lipinski definition) is 8. The van der Waals surface area contributed by atoms with Crippen molar-refractivity contribution in [2.75, 3.05) is 18.9 Å². The van der Waals surface area contributed by atoms with Gasteiger partial charge in [-0.05, 0) is 55.5 Å². The molecule has 1 fully saturated rings. The van der Waals surface area contributed by atoms with Gasteiger partial charge in [0, 0.05) is 38.2 Å². The zero-order valence-electron chi connectivity index (χ0n) is 27.7. The number of benzene rings is 2. The molecule has 49 heavy (non-hydrogen) atoms. The lowest BCUT2D eigenvalue weighted by Crippen LogP contribution is -2.44. The van der Waals surface area contributed by atoms with Gasteiger partial charge in [-0.25, -0.2) is 14.3 Å². The minimum atomic E-state index is -0.687. The number of nitrogens with zero attached hydrogens (tertiary/aromatic N) is 5. The largest absolute Gasteiger partial charge is 0.385 e. The highest BCUT2D eigenvalue weighted by molar-refractivity contribution is 6.00. The van der Waals surface area contributed by atoms with Gasteiger partial charge in [0.25, 0.3) is 5.91 Å². The molecule has 0 bridgehead atoms. The summed E-state index contributed by atoms with van der Waals surface area (Å²) in [7, 11) is 3.52. The number of aromatic nitrogens is 5. The number of imidazole rings is 2. The van der Waals surface area contributed by atoms with E-state index in [4.69, 9.17) is 0 Å². The van der Waals surface area contributed by atoms with Gasteiger partial charge in [-0.15, -0.1) is 0 Å². The molecule has 13 heteroatoms. The number of para-hydroxylation sites is 1. The first kappa shape index (κ1) is 33.3. The van der Waals surface area contributed by atoms with Gasteiger partial charge in [-0.2, -0.15) is 5.10 Å². The quantitative estimate of drug-likeness (QED) is 0.0905. The summed E-state index contributed by atoms with van der Waals surface area (Å²) < 4.78 is 4.65. The smallest absolute Gasteiger partial charge is 0.329 e. The molecule has 0 spiro atoms. The lowest BCUT2D eigenvalue weighted by Gasteiger charge is -2.21. The lowest BCUT2D eigenvalue weighted by atomic mass is 10.0. The molecule has 1 aliphatic rings. The predicted octanol–water partition coefficient (Wildman–Crippen LogP) is 4.19. The molecule has 2 aromatic carbocycles. The predicted molar refractivity (Wildman–Crippen MR) is 186 cm³/mol. The van der Waals surface area contributed by atoms with Crippen LogP contribution in [0.4, 0.5) is 5.69 Å². The van der Waals surface area contributed by atoms with Crippen LogP contribution >= 0.6 is 0 Å². The van der Waals surface area contributed by atoms with E-state index >= 15 is 0 Å². The molecular weight excluding hydrogens is 624 g/mol. The number of aldehydes is 1. The van der Waals surface area contributed by atoms with E-state index in [2.05, 4.69) is 26.0 Å². The highest BCUT2D eigenvalue weighted by atomic mass is 16.2. The van der Waals surface area contributed by atoms with Crippen LogP contribution in [-0.2, 0) is 23.1 Å². The molecule has 1 atom stereocenters. The van der Waals surface area contributed by atoms with Crippen molar-refractivity contribution >= 4 is 46.4 Å². The maximum atomic E-state index is 13.1. The number of fused-ring (bicyclic) bond motifs is 2. The van der Waals surface area contributed by atoms with E-state index in [-0.39, 0.29) is 23.9 Å². The number of amides is 3. The normalized spacial score (nSPS) is 14.7. The Labute approximate surface area is 282 Å². The van der Waals surface area contributed by atoms with Crippen molar-refractivity contribution in [3.63, 3.8) is 0 Å². The monoisotopic (exact) mass is 664 g/mol. The summed E-state index contributed by atoms with van der Waals surface area (Å²) in [5, 5.41) is 13.0. The molecule has 3 N–H and O–H groups in total. The summed E-state index contributed by atoms with van der Waals surface area (Å²) >= 11 is 0. The minimum Gasteiger partial charge on any atom is -0.385 e. The summed E-state index contributed by atoms with van der Waals surface area (Å²) in [6.07, 6.45) is 9.61. The van der Waals surface area contributed by atoms with E-state index in [1.807, 2.05) is 36.4 Å². The van der Waals surface area contributed by atoms with Gasteiger partial charge >= 0.3 is 5.69 Å². The van der Waals surface area contributed by atoms with Crippen LogP contribution < -0.4 is 21.6 Å². The first-order chi connectivity index (χ1) is 23.8. The molecule has 1 unspecified atom stereocenters. The number of imide groups is 1. The zero-order chi connectivity index (χ0) is 34.5. The number of nitrogens with one attached hydrogen (secondary N) is 3. The SMILES string of the molecule is CNc1cc(-c2ccc(C(=O)NCCCCCCCCc3cccc4c3n(C)c(=O)n4C3CCC(=O)NC3=O)cc2)nn2c(C=O)cnc12. The Morgan fingerprint density at radius 2 is 1.78 bits per heavy atom. The number of hydrogen-bond donors (Lipinski definition) is 3. The van der Waals surface area contributed by atoms with Crippen LogP contribution in [0, 0.1) is 0 Å². The summed E-state index contributed by atoms with van der Waals surface area (Å²) in [4.78, 5) is 65.7. The molecule has 13 nitrogen and oxygen atoms in total. The molecule has 6 rings (SSSR count). The highest BCUT2D eigenvalue weighted by Gasteiger charge is 2.31. The van der Waals surface area contributed by atoms with Crippen molar-refractivity contribution in [2.24, 2.45) is 7.05 Å². The number of piperidine rings is 1. The molecule has 1 saturated heterocycles. The molecule has 1 aliphatic heterocycles. The molecule has 3 amide bonds. The van der Waals surface area contributed by atoms with Crippen molar-refractivity contribution < 1.29 is 19.2 Å². The van der Waals surface area contributed by atoms with E-state index in [0.717, 1.165) is 72.8 Å². The van der Waals surface area contributed by atoms with Crippen molar-refractivity contribution in [3.05, 3.63) is 82.0 Å². The van der Waals surface area contributed by atoms with Crippen LogP contribution in [0.5, 0.6) is 0 Å². The van der Waals surface area contributed by atoms with E-state index in [9.17, 15) is 24.0 Å². The van der Waals surface area contributed by atoms with Gasteiger partial charge in [0.15, 0.2) is 11.9 Å². The summed E-state index contributed by atoms with van der Waals surface area (Å²) in [5.74, 6) is -0.857. The Morgan fingerprint density at radius 3 is 2.51 bits per heavy atom. The van der Waals surface area contributed by atoms with Gasteiger partial charge < -0.3 is 10.6 Å². The second-order valence-corrected chi connectivity index (χ2v) is 12.4. The number of carbonyl (C=O) groups is 4. The Kier molecular flexibility index (Phi) is 9.97. The Hall–Kier alpha value is -5.59. The average Bonchev–Trinajstić information content (AvgIpc) is 3.65. The molecule has 5 aromatic rings. The number of rotatable bonds is 14. The first-order valence-electron chi connectivity index (χ1n) is 16.7. The van der Waals surface area contributed by atoms with Gasteiger partial charge in [-0.3, -0.25) is 33.6 Å². The van der Waals surface area contributed by atoms with E-state index in [0.29, 0.717) is 41.9 Å². The van der Waals surface area contributed by atoms with Gasteiger partial charge in [0.1, 0.15) is 11.7 Å². The Balaban J connectivity index is 0.935. The van der Waals surface area contributed by atoms with Gasteiger partial charge in [-0.1, -0.05) is 49.9 Å². The fraction of sp³-hybridized carbons (Fsp3) is 0.361. The molecule has 4 heterocycles. The highest BCUT2D eigenvalue weighted by Crippen LogP contribution is 2.27. The van der Waals surface area contributed by atoms with Crippen LogP contribution in [0.2, 0.25) is 0 Å². The lowest BCUT2D eigenvalue weighted by molar-refractivity contribution is -0.135. The van der Waals surface area contributed by atoms with Crippen molar-refractivity contribution in [2.45, 2.75) is 63.8 Å². The van der Waals surface area contributed by atoms with Crippen LogP contribution in [0.1, 0.15) is 83.8 Å². The second-order valence-electron chi connectivity index (χ2n) is 12.4. The summed E-state index contributed by atoms with van der Waals surface area (Å²) in [5.41, 5.74) is 6.07. The van der Waals surface area contributed by atoms with Crippen molar-refractivity contribution in [3.8, 4) is 11.3 Å². The number of anilines is 1. The molecule has 0 radical (unpaired) electrons. The maximum absolute atomic E-state index is 13.1. The molecule has 3 aromatic heterocycles. The molecule has 254 valence electrons. The summed E-state index contributed by atoms with van der Waals surface area (Å²) in [6.45, 7) is 0.597. The fourth-order valence-electron chi connectivity index (χ4n) is 6.59. The second kappa shape index (κ2) is 14.7. The topological polar surface area (TPSA) is 161 Å². The minimum absolute atomic E-state index is 0.126.